The van der Waals surface area contributed by atoms with Crippen molar-refractivity contribution in [2.45, 2.75) is 32.1 Å². The van der Waals surface area contributed by atoms with E-state index in [1.807, 2.05) is 24.3 Å². The summed E-state index contributed by atoms with van der Waals surface area (Å²) < 4.78 is 1.11. The minimum absolute atomic E-state index is 0.126. The second-order valence-corrected chi connectivity index (χ2v) is 6.00. The summed E-state index contributed by atoms with van der Waals surface area (Å²) in [6.07, 6.45) is 8.29. The van der Waals surface area contributed by atoms with Gasteiger partial charge in [-0.15, -0.1) is 0 Å². The van der Waals surface area contributed by atoms with E-state index in [2.05, 4.69) is 39.3 Å². The van der Waals surface area contributed by atoms with Crippen LogP contribution in [0.25, 0.3) is 0 Å². The van der Waals surface area contributed by atoms with E-state index in [9.17, 15) is 4.79 Å². The fraction of sp³-hybridized carbons (Fsp3) is 0.400. The third-order valence-electron chi connectivity index (χ3n) is 3.20. The second kappa shape index (κ2) is 7.53. The average Bonchev–Trinajstić information content (AvgIpc) is 2.40. The summed E-state index contributed by atoms with van der Waals surface area (Å²) in [6.45, 7) is 0.710. The number of allylic oxidation sites excluding steroid dienone is 1. The number of urea groups is 1. The molecule has 102 valence electrons. The van der Waals surface area contributed by atoms with Crippen LogP contribution < -0.4 is 10.6 Å². The molecule has 2 N–H and O–H groups in total. The highest BCUT2D eigenvalue weighted by Gasteiger charge is 2.05. The molecule has 19 heavy (non-hydrogen) atoms. The highest BCUT2D eigenvalue weighted by Crippen LogP contribution is 2.19. The number of amides is 2. The van der Waals surface area contributed by atoms with Crippen LogP contribution in [0, 0.1) is 3.57 Å². The number of hydrogen-bond acceptors (Lipinski definition) is 1. The number of hydrogen-bond donors (Lipinski definition) is 2. The first-order chi connectivity index (χ1) is 9.24. The Morgan fingerprint density at radius 1 is 1.32 bits per heavy atom. The van der Waals surface area contributed by atoms with Gasteiger partial charge in [0.2, 0.25) is 0 Å². The van der Waals surface area contributed by atoms with Crippen LogP contribution in [0.5, 0.6) is 0 Å². The second-order valence-electron chi connectivity index (χ2n) is 4.75. The predicted octanol–water partition coefficient (Wildman–Crippen LogP) is 4.30. The lowest BCUT2D eigenvalue weighted by molar-refractivity contribution is 0.252. The molecule has 1 aromatic rings. The van der Waals surface area contributed by atoms with Crippen LogP contribution in [-0.2, 0) is 0 Å². The van der Waals surface area contributed by atoms with Gasteiger partial charge in [0.15, 0.2) is 0 Å². The molecule has 1 aliphatic carbocycles. The Labute approximate surface area is 128 Å². The number of carbonyl (C=O) groups is 1. The van der Waals surface area contributed by atoms with Crippen molar-refractivity contribution in [1.82, 2.24) is 5.32 Å². The van der Waals surface area contributed by atoms with E-state index >= 15 is 0 Å². The van der Waals surface area contributed by atoms with Gasteiger partial charge in [0, 0.05) is 15.8 Å². The van der Waals surface area contributed by atoms with Crippen molar-refractivity contribution in [2.75, 3.05) is 11.9 Å². The normalized spacial score (nSPS) is 14.7. The van der Waals surface area contributed by atoms with E-state index in [4.69, 9.17) is 0 Å². The van der Waals surface area contributed by atoms with Gasteiger partial charge in [-0.1, -0.05) is 17.7 Å². The van der Waals surface area contributed by atoms with E-state index in [-0.39, 0.29) is 6.03 Å². The molecule has 0 radical (unpaired) electrons. The summed E-state index contributed by atoms with van der Waals surface area (Å²) in [5.74, 6) is 0. The molecule has 0 saturated heterocycles. The molecule has 0 aromatic heterocycles. The molecule has 0 heterocycles. The van der Waals surface area contributed by atoms with Crippen molar-refractivity contribution in [3.8, 4) is 0 Å². The average molecular weight is 370 g/mol. The molecule has 0 saturated carbocycles. The quantitative estimate of drug-likeness (QED) is 0.602. The Bertz CT molecular complexity index is 471. The number of rotatable bonds is 4. The third-order valence-corrected chi connectivity index (χ3v) is 3.87. The lowest BCUT2D eigenvalue weighted by Gasteiger charge is -2.13. The lowest BCUT2D eigenvalue weighted by Crippen LogP contribution is -2.29. The standard InChI is InChI=1S/C15H19IN2O/c16-13-7-4-8-14(11-13)18-15(19)17-10-9-12-5-2-1-3-6-12/h4-5,7-8,11H,1-3,6,9-10H2,(H2,17,18,19). The minimum Gasteiger partial charge on any atom is -0.338 e. The van der Waals surface area contributed by atoms with Crippen LogP contribution in [0.3, 0.4) is 0 Å². The zero-order valence-corrected chi connectivity index (χ0v) is 13.1. The van der Waals surface area contributed by atoms with Crippen molar-refractivity contribution in [1.29, 1.82) is 0 Å². The summed E-state index contributed by atoms with van der Waals surface area (Å²) in [4.78, 5) is 11.7. The highest BCUT2D eigenvalue weighted by atomic mass is 127. The summed E-state index contributed by atoms with van der Waals surface area (Å²) >= 11 is 2.23. The molecule has 4 heteroatoms. The molecule has 3 nitrogen and oxygen atoms in total. The Morgan fingerprint density at radius 3 is 2.95 bits per heavy atom. The fourth-order valence-corrected chi connectivity index (χ4v) is 2.75. The van der Waals surface area contributed by atoms with Gasteiger partial charge in [0.1, 0.15) is 0 Å². The van der Waals surface area contributed by atoms with Crippen molar-refractivity contribution in [2.24, 2.45) is 0 Å². The number of halogens is 1. The van der Waals surface area contributed by atoms with E-state index in [0.29, 0.717) is 6.54 Å². The van der Waals surface area contributed by atoms with E-state index in [1.54, 1.807) is 0 Å². The Balaban J connectivity index is 1.71. The van der Waals surface area contributed by atoms with Crippen LogP contribution in [0.15, 0.2) is 35.9 Å². The van der Waals surface area contributed by atoms with E-state index in [1.165, 1.54) is 31.3 Å². The molecule has 0 unspecified atom stereocenters. The maximum absolute atomic E-state index is 11.7. The van der Waals surface area contributed by atoms with Gasteiger partial charge in [-0.2, -0.15) is 0 Å². The maximum atomic E-state index is 11.7. The zero-order valence-electron chi connectivity index (χ0n) is 10.9. The minimum atomic E-state index is -0.126. The predicted molar refractivity (Wildman–Crippen MR) is 87.3 cm³/mol. The van der Waals surface area contributed by atoms with Crippen LogP contribution in [-0.4, -0.2) is 12.6 Å². The van der Waals surface area contributed by atoms with Gasteiger partial charge >= 0.3 is 6.03 Å². The number of carbonyl (C=O) groups excluding carboxylic acids is 1. The first kappa shape index (κ1) is 14.4. The molecule has 0 spiro atoms. The summed E-state index contributed by atoms with van der Waals surface area (Å²) in [7, 11) is 0. The van der Waals surface area contributed by atoms with Crippen LogP contribution in [0.1, 0.15) is 32.1 Å². The molecule has 1 aliphatic rings. The van der Waals surface area contributed by atoms with Crippen molar-refractivity contribution >= 4 is 34.3 Å². The molecule has 2 rings (SSSR count). The van der Waals surface area contributed by atoms with Crippen LogP contribution in [0.4, 0.5) is 10.5 Å². The maximum Gasteiger partial charge on any atom is 0.319 e. The number of anilines is 1. The first-order valence-corrected chi connectivity index (χ1v) is 7.80. The van der Waals surface area contributed by atoms with Gasteiger partial charge in [-0.3, -0.25) is 0 Å². The van der Waals surface area contributed by atoms with E-state index < -0.39 is 0 Å². The molecule has 0 fully saturated rings. The van der Waals surface area contributed by atoms with E-state index in [0.717, 1.165) is 15.7 Å². The van der Waals surface area contributed by atoms with Gasteiger partial charge in [-0.25, -0.2) is 4.79 Å². The highest BCUT2D eigenvalue weighted by molar-refractivity contribution is 14.1. The third kappa shape index (κ3) is 5.22. The summed E-state index contributed by atoms with van der Waals surface area (Å²) in [5.41, 5.74) is 2.32. The smallest absolute Gasteiger partial charge is 0.319 e. The lowest BCUT2D eigenvalue weighted by atomic mass is 9.97. The molecular formula is C15H19IN2O. The van der Waals surface area contributed by atoms with Gasteiger partial charge < -0.3 is 10.6 Å². The van der Waals surface area contributed by atoms with Gasteiger partial charge in [-0.05, 0) is 72.9 Å². The van der Waals surface area contributed by atoms with Crippen LogP contribution in [0.2, 0.25) is 0 Å². The Kier molecular flexibility index (Phi) is 5.69. The molecule has 1 aromatic carbocycles. The zero-order chi connectivity index (χ0) is 13.5. The van der Waals surface area contributed by atoms with Gasteiger partial charge in [0.05, 0.1) is 0 Å². The molecular weight excluding hydrogens is 351 g/mol. The van der Waals surface area contributed by atoms with Gasteiger partial charge in [0.25, 0.3) is 0 Å². The fourth-order valence-electron chi connectivity index (χ4n) is 2.21. The largest absolute Gasteiger partial charge is 0.338 e. The Morgan fingerprint density at radius 2 is 2.21 bits per heavy atom. The molecule has 0 aliphatic heterocycles. The Hall–Kier alpha value is -1.04. The topological polar surface area (TPSA) is 41.1 Å². The SMILES string of the molecule is O=C(NCCC1=CCCCC1)Nc1cccc(I)c1. The van der Waals surface area contributed by atoms with Crippen molar-refractivity contribution in [3.63, 3.8) is 0 Å². The number of nitrogens with one attached hydrogen (secondary N) is 2. The first-order valence-electron chi connectivity index (χ1n) is 6.72. The monoisotopic (exact) mass is 370 g/mol. The van der Waals surface area contributed by atoms with Crippen molar-refractivity contribution < 1.29 is 4.79 Å². The summed E-state index contributed by atoms with van der Waals surface area (Å²) in [6, 6.07) is 7.65. The number of benzene rings is 1. The van der Waals surface area contributed by atoms with Crippen LogP contribution >= 0.6 is 22.6 Å². The van der Waals surface area contributed by atoms with Crippen molar-refractivity contribution in [3.05, 3.63) is 39.5 Å². The summed E-state index contributed by atoms with van der Waals surface area (Å²) in [5, 5.41) is 5.75. The molecule has 0 atom stereocenters. The molecule has 0 bridgehead atoms. The molecule has 2 amide bonds.